The molecule has 1 unspecified atom stereocenters. The summed E-state index contributed by atoms with van der Waals surface area (Å²) in [4.78, 5) is 4.12. The number of aromatic nitrogens is 1. The molecule has 4 nitrogen and oxygen atoms in total. The molecule has 0 aliphatic carbocycles. The fourth-order valence-corrected chi connectivity index (χ4v) is 1.58. The zero-order valence-corrected chi connectivity index (χ0v) is 9.96. The molecule has 0 aliphatic heterocycles. The van der Waals surface area contributed by atoms with Crippen molar-refractivity contribution in [1.29, 1.82) is 5.26 Å². The Labute approximate surface area is 106 Å². The molecule has 1 aromatic carbocycles. The van der Waals surface area contributed by atoms with E-state index in [1.54, 1.807) is 25.3 Å². The average Bonchev–Trinajstić information content (AvgIpc) is 2.40. The predicted octanol–water partition coefficient (Wildman–Crippen LogP) is 2.75. The molecule has 90 valence electrons. The number of nitrogens with zero attached hydrogens (tertiary/aromatic N) is 2. The van der Waals surface area contributed by atoms with Gasteiger partial charge < -0.3 is 10.4 Å². The number of aliphatic hydroxyl groups excluding tert-OH is 1. The molecular formula is C14H13N3O. The van der Waals surface area contributed by atoms with Gasteiger partial charge in [0.1, 0.15) is 11.9 Å². The van der Waals surface area contributed by atoms with Crippen molar-refractivity contribution in [2.24, 2.45) is 0 Å². The van der Waals surface area contributed by atoms with Gasteiger partial charge in [0.25, 0.3) is 0 Å². The molecule has 2 rings (SSSR count). The number of rotatable bonds is 3. The smallest absolute Gasteiger partial charge is 0.148 e. The van der Waals surface area contributed by atoms with Crippen LogP contribution in [0.3, 0.4) is 0 Å². The Morgan fingerprint density at radius 3 is 2.61 bits per heavy atom. The molecule has 0 fully saturated rings. The largest absolute Gasteiger partial charge is 0.389 e. The van der Waals surface area contributed by atoms with E-state index in [0.717, 1.165) is 11.3 Å². The van der Waals surface area contributed by atoms with Gasteiger partial charge in [-0.15, -0.1) is 0 Å². The van der Waals surface area contributed by atoms with Crippen molar-refractivity contribution in [3.63, 3.8) is 0 Å². The second-order valence-corrected chi connectivity index (χ2v) is 3.93. The molecular weight excluding hydrogens is 226 g/mol. The molecule has 0 radical (unpaired) electrons. The zero-order chi connectivity index (χ0) is 13.0. The van der Waals surface area contributed by atoms with E-state index in [0.29, 0.717) is 11.4 Å². The van der Waals surface area contributed by atoms with E-state index < -0.39 is 6.10 Å². The quantitative estimate of drug-likeness (QED) is 0.864. The first kappa shape index (κ1) is 12.1. The lowest BCUT2D eigenvalue weighted by Crippen LogP contribution is -1.97. The van der Waals surface area contributed by atoms with Crippen molar-refractivity contribution in [2.45, 2.75) is 13.0 Å². The highest BCUT2D eigenvalue weighted by Gasteiger charge is 2.04. The Balaban J connectivity index is 2.22. The fourth-order valence-electron chi connectivity index (χ4n) is 1.58. The standard InChI is InChI=1S/C14H13N3O/c1-10(18)11-4-6-13(7-5-11)17-14-12(9-15)3-2-8-16-14/h2-8,10,18H,1H3,(H,16,17). The van der Waals surface area contributed by atoms with Crippen LogP contribution in [0.5, 0.6) is 0 Å². The fraction of sp³-hybridized carbons (Fsp3) is 0.143. The van der Waals surface area contributed by atoms with Gasteiger partial charge in [0.2, 0.25) is 0 Å². The Kier molecular flexibility index (Phi) is 3.56. The minimum Gasteiger partial charge on any atom is -0.389 e. The van der Waals surface area contributed by atoms with Crippen molar-refractivity contribution in [3.8, 4) is 6.07 Å². The number of pyridine rings is 1. The van der Waals surface area contributed by atoms with E-state index in [1.165, 1.54) is 0 Å². The van der Waals surface area contributed by atoms with Gasteiger partial charge in [0, 0.05) is 11.9 Å². The van der Waals surface area contributed by atoms with E-state index in [1.807, 2.05) is 24.3 Å². The second kappa shape index (κ2) is 5.30. The third kappa shape index (κ3) is 2.65. The minimum absolute atomic E-state index is 0.483. The van der Waals surface area contributed by atoms with Gasteiger partial charge in [-0.1, -0.05) is 12.1 Å². The maximum absolute atomic E-state index is 9.41. The minimum atomic E-state index is -0.483. The molecule has 1 atom stereocenters. The molecule has 18 heavy (non-hydrogen) atoms. The normalized spacial score (nSPS) is 11.6. The molecule has 0 bridgehead atoms. The second-order valence-electron chi connectivity index (χ2n) is 3.93. The van der Waals surface area contributed by atoms with E-state index in [9.17, 15) is 5.11 Å². The lowest BCUT2D eigenvalue weighted by Gasteiger charge is -2.09. The summed E-state index contributed by atoms with van der Waals surface area (Å²) < 4.78 is 0. The summed E-state index contributed by atoms with van der Waals surface area (Å²) in [5.41, 5.74) is 2.17. The number of nitriles is 1. The van der Waals surface area contributed by atoms with Crippen LogP contribution in [0.2, 0.25) is 0 Å². The van der Waals surface area contributed by atoms with E-state index in [-0.39, 0.29) is 0 Å². The van der Waals surface area contributed by atoms with Gasteiger partial charge in [-0.3, -0.25) is 0 Å². The highest BCUT2D eigenvalue weighted by molar-refractivity contribution is 5.62. The van der Waals surface area contributed by atoms with Crippen LogP contribution in [-0.2, 0) is 0 Å². The first-order chi connectivity index (χ1) is 8.70. The van der Waals surface area contributed by atoms with Crippen LogP contribution in [0.15, 0.2) is 42.6 Å². The highest BCUT2D eigenvalue weighted by Crippen LogP contribution is 2.20. The number of benzene rings is 1. The molecule has 0 amide bonds. The maximum Gasteiger partial charge on any atom is 0.148 e. The molecule has 2 aromatic rings. The van der Waals surface area contributed by atoms with Crippen LogP contribution in [0.4, 0.5) is 11.5 Å². The molecule has 2 N–H and O–H groups in total. The highest BCUT2D eigenvalue weighted by atomic mass is 16.3. The van der Waals surface area contributed by atoms with Gasteiger partial charge in [0.05, 0.1) is 11.7 Å². The van der Waals surface area contributed by atoms with Gasteiger partial charge >= 0.3 is 0 Å². The molecule has 0 saturated heterocycles. The lowest BCUT2D eigenvalue weighted by atomic mass is 10.1. The van der Waals surface area contributed by atoms with Gasteiger partial charge in [0.15, 0.2) is 0 Å². The molecule has 1 aromatic heterocycles. The summed E-state index contributed by atoms with van der Waals surface area (Å²) in [5, 5.41) is 21.4. The van der Waals surface area contributed by atoms with Crippen molar-refractivity contribution in [3.05, 3.63) is 53.7 Å². The number of hydrogen-bond acceptors (Lipinski definition) is 4. The Bertz CT molecular complexity index is 570. The van der Waals surface area contributed by atoms with E-state index in [2.05, 4.69) is 16.4 Å². The maximum atomic E-state index is 9.41. The first-order valence-electron chi connectivity index (χ1n) is 5.61. The van der Waals surface area contributed by atoms with Gasteiger partial charge in [-0.05, 0) is 36.8 Å². The Morgan fingerprint density at radius 1 is 1.28 bits per heavy atom. The van der Waals surface area contributed by atoms with Gasteiger partial charge in [-0.2, -0.15) is 5.26 Å². The summed E-state index contributed by atoms with van der Waals surface area (Å²) in [6.45, 7) is 1.72. The number of anilines is 2. The SMILES string of the molecule is CC(O)c1ccc(Nc2ncccc2C#N)cc1. The molecule has 0 aliphatic rings. The number of aliphatic hydroxyl groups is 1. The Morgan fingerprint density at radius 2 is 2.00 bits per heavy atom. The molecule has 0 spiro atoms. The topological polar surface area (TPSA) is 68.9 Å². The van der Waals surface area contributed by atoms with Crippen LogP contribution in [0, 0.1) is 11.3 Å². The van der Waals surface area contributed by atoms with E-state index >= 15 is 0 Å². The van der Waals surface area contributed by atoms with Crippen LogP contribution < -0.4 is 5.32 Å². The van der Waals surface area contributed by atoms with Crippen LogP contribution in [0.1, 0.15) is 24.2 Å². The molecule has 0 saturated carbocycles. The van der Waals surface area contributed by atoms with Crippen molar-refractivity contribution in [1.82, 2.24) is 4.98 Å². The first-order valence-corrected chi connectivity index (χ1v) is 5.61. The average molecular weight is 239 g/mol. The third-order valence-corrected chi connectivity index (χ3v) is 2.58. The molecule has 4 heteroatoms. The number of hydrogen-bond donors (Lipinski definition) is 2. The third-order valence-electron chi connectivity index (χ3n) is 2.58. The monoisotopic (exact) mass is 239 g/mol. The summed E-state index contributed by atoms with van der Waals surface area (Å²) in [6, 6.07) is 12.9. The van der Waals surface area contributed by atoms with Crippen LogP contribution >= 0.6 is 0 Å². The van der Waals surface area contributed by atoms with Crippen molar-refractivity contribution in [2.75, 3.05) is 5.32 Å². The van der Waals surface area contributed by atoms with Crippen molar-refractivity contribution >= 4 is 11.5 Å². The van der Waals surface area contributed by atoms with Gasteiger partial charge in [-0.25, -0.2) is 4.98 Å². The zero-order valence-electron chi connectivity index (χ0n) is 9.96. The lowest BCUT2D eigenvalue weighted by molar-refractivity contribution is 0.199. The van der Waals surface area contributed by atoms with Crippen LogP contribution in [-0.4, -0.2) is 10.1 Å². The summed E-state index contributed by atoms with van der Waals surface area (Å²) >= 11 is 0. The van der Waals surface area contributed by atoms with Crippen LogP contribution in [0.25, 0.3) is 0 Å². The Hall–Kier alpha value is -2.38. The summed E-state index contributed by atoms with van der Waals surface area (Å²) in [7, 11) is 0. The summed E-state index contributed by atoms with van der Waals surface area (Å²) in [5.74, 6) is 0.532. The summed E-state index contributed by atoms with van der Waals surface area (Å²) in [6.07, 6.45) is 1.15. The molecule has 1 heterocycles. The van der Waals surface area contributed by atoms with E-state index in [4.69, 9.17) is 5.26 Å². The van der Waals surface area contributed by atoms with Crippen molar-refractivity contribution < 1.29 is 5.11 Å². The predicted molar refractivity (Wildman–Crippen MR) is 69.3 cm³/mol. The number of nitrogens with one attached hydrogen (secondary N) is 1.